The molecule has 0 aliphatic carbocycles. The third kappa shape index (κ3) is 4.76. The van der Waals surface area contributed by atoms with E-state index in [2.05, 4.69) is 10.0 Å². The number of carbonyl (C=O) groups is 1. The lowest BCUT2D eigenvalue weighted by atomic mass is 10.1. The monoisotopic (exact) mass is 421 g/mol. The van der Waals surface area contributed by atoms with Crippen LogP contribution >= 0.6 is 23.2 Å². The highest BCUT2D eigenvalue weighted by molar-refractivity contribution is 7.89. The predicted octanol–water partition coefficient (Wildman–Crippen LogP) is 3.80. The van der Waals surface area contributed by atoms with Gasteiger partial charge < -0.3 is 9.88 Å². The molecule has 0 fully saturated rings. The maximum atomic E-state index is 13.5. The molecule has 0 spiro atoms. The van der Waals surface area contributed by atoms with Crippen LogP contribution in [0.2, 0.25) is 10.0 Å². The Kier molecular flexibility index (Phi) is 5.72. The van der Waals surface area contributed by atoms with Crippen molar-refractivity contribution < 1.29 is 17.6 Å². The number of nitrogens with zero attached hydrogens (tertiary/aromatic N) is 1. The fourth-order valence-electron chi connectivity index (χ4n) is 2.19. The number of benzene rings is 1. The smallest absolute Gasteiger partial charge is 0.272 e. The molecule has 0 aliphatic heterocycles. The quantitative estimate of drug-likeness (QED) is 0.736. The first-order valence-electron chi connectivity index (χ1n) is 7.46. The fourth-order valence-corrected chi connectivity index (χ4v) is 4.17. The number of halogens is 3. The number of sulfonamides is 1. The van der Waals surface area contributed by atoms with Gasteiger partial charge in [0.2, 0.25) is 10.0 Å². The second-order valence-corrected chi connectivity index (χ2v) is 9.23. The van der Waals surface area contributed by atoms with E-state index in [4.69, 9.17) is 23.2 Å². The van der Waals surface area contributed by atoms with Gasteiger partial charge in [0, 0.05) is 24.5 Å². The van der Waals surface area contributed by atoms with Gasteiger partial charge in [0.25, 0.3) is 5.91 Å². The number of hydrogen-bond donors (Lipinski definition) is 2. The zero-order chi connectivity index (χ0) is 19.9. The topological polar surface area (TPSA) is 80.2 Å². The predicted molar refractivity (Wildman–Crippen MR) is 99.9 cm³/mol. The van der Waals surface area contributed by atoms with Crippen LogP contribution in [0.5, 0.6) is 0 Å². The van der Waals surface area contributed by atoms with Gasteiger partial charge in [-0.2, -0.15) is 0 Å². The number of aryl methyl sites for hydroxylation is 1. The summed E-state index contributed by atoms with van der Waals surface area (Å²) in [5, 5.41) is 2.03. The Morgan fingerprint density at radius 2 is 1.69 bits per heavy atom. The largest absolute Gasteiger partial charge is 0.345 e. The van der Waals surface area contributed by atoms with E-state index >= 15 is 0 Å². The summed E-state index contributed by atoms with van der Waals surface area (Å²) < 4.78 is 42.1. The summed E-state index contributed by atoms with van der Waals surface area (Å²) in [4.78, 5) is 12.4. The minimum absolute atomic E-state index is 0.0461. The minimum atomic E-state index is -3.79. The van der Waals surface area contributed by atoms with E-state index in [1.165, 1.54) is 36.0 Å². The van der Waals surface area contributed by atoms with Crippen molar-refractivity contribution in [2.45, 2.75) is 31.2 Å². The van der Waals surface area contributed by atoms with Gasteiger partial charge in [0.05, 0.1) is 10.0 Å². The number of hydrogen-bond acceptors (Lipinski definition) is 3. The van der Waals surface area contributed by atoms with Crippen LogP contribution in [0.25, 0.3) is 0 Å². The van der Waals surface area contributed by atoms with Crippen LogP contribution in [-0.4, -0.2) is 24.4 Å². The van der Waals surface area contributed by atoms with Crippen LogP contribution in [0, 0.1) is 5.82 Å². The molecule has 10 heteroatoms. The maximum absolute atomic E-state index is 13.5. The van der Waals surface area contributed by atoms with Crippen molar-refractivity contribution in [2.75, 3.05) is 5.32 Å². The lowest BCUT2D eigenvalue weighted by Crippen LogP contribution is -2.40. The Balaban J connectivity index is 2.30. The Labute approximate surface area is 161 Å². The summed E-state index contributed by atoms with van der Waals surface area (Å²) in [5.74, 6) is -1.38. The van der Waals surface area contributed by atoms with Gasteiger partial charge in [-0.05, 0) is 39.0 Å². The Morgan fingerprint density at radius 3 is 2.19 bits per heavy atom. The summed E-state index contributed by atoms with van der Waals surface area (Å²) in [6.07, 6.45) is 1.33. The van der Waals surface area contributed by atoms with Gasteiger partial charge in [0.1, 0.15) is 10.6 Å². The average Bonchev–Trinajstić information content (AvgIpc) is 2.85. The van der Waals surface area contributed by atoms with E-state index in [0.717, 1.165) is 0 Å². The molecule has 2 N–H and O–H groups in total. The first kappa shape index (κ1) is 20.7. The molecule has 1 amide bonds. The average molecular weight is 422 g/mol. The van der Waals surface area contributed by atoms with Crippen molar-refractivity contribution in [3.8, 4) is 0 Å². The molecular formula is C16H18Cl2FN3O3S. The summed E-state index contributed by atoms with van der Waals surface area (Å²) in [6.45, 7) is 5.13. The number of amides is 1. The van der Waals surface area contributed by atoms with Crippen molar-refractivity contribution in [3.63, 3.8) is 0 Å². The highest BCUT2D eigenvalue weighted by Crippen LogP contribution is 2.27. The standard InChI is InChI=1S/C16H18Cl2FN3O3S/c1-16(2,3)21-26(24,25)10-7-13(22(4)8-10)15(23)20-9-5-11(17)14(19)12(18)6-9/h5-8,21H,1-4H3,(H,20,23). The Bertz CT molecular complexity index is 943. The fraction of sp³-hybridized carbons (Fsp3) is 0.312. The molecule has 0 atom stereocenters. The van der Waals surface area contributed by atoms with E-state index < -0.39 is 27.3 Å². The molecule has 0 saturated heterocycles. The highest BCUT2D eigenvalue weighted by Gasteiger charge is 2.25. The van der Waals surface area contributed by atoms with E-state index in [9.17, 15) is 17.6 Å². The van der Waals surface area contributed by atoms with E-state index in [0.29, 0.717) is 0 Å². The van der Waals surface area contributed by atoms with E-state index in [1.807, 2.05) is 0 Å². The number of anilines is 1. The minimum Gasteiger partial charge on any atom is -0.345 e. The number of carbonyl (C=O) groups excluding carboxylic acids is 1. The number of aromatic nitrogens is 1. The van der Waals surface area contributed by atoms with Crippen molar-refractivity contribution in [1.29, 1.82) is 0 Å². The second-order valence-electron chi connectivity index (χ2n) is 6.74. The first-order chi connectivity index (χ1) is 11.8. The molecule has 26 heavy (non-hydrogen) atoms. The van der Waals surface area contributed by atoms with E-state index in [1.54, 1.807) is 20.8 Å². The number of nitrogens with one attached hydrogen (secondary N) is 2. The van der Waals surface area contributed by atoms with Crippen LogP contribution < -0.4 is 10.0 Å². The summed E-state index contributed by atoms with van der Waals surface area (Å²) in [6, 6.07) is 3.67. The van der Waals surface area contributed by atoms with Crippen molar-refractivity contribution >= 4 is 44.8 Å². The van der Waals surface area contributed by atoms with Crippen LogP contribution in [0.1, 0.15) is 31.3 Å². The third-order valence-corrected chi connectivity index (χ3v) is 5.48. The van der Waals surface area contributed by atoms with Crippen LogP contribution in [-0.2, 0) is 17.1 Å². The summed E-state index contributed by atoms with van der Waals surface area (Å²) in [5.41, 5.74) is -0.390. The zero-order valence-electron chi connectivity index (χ0n) is 14.5. The zero-order valence-corrected chi connectivity index (χ0v) is 16.9. The molecule has 0 radical (unpaired) electrons. The molecule has 6 nitrogen and oxygen atoms in total. The van der Waals surface area contributed by atoms with Crippen LogP contribution in [0.4, 0.5) is 10.1 Å². The van der Waals surface area contributed by atoms with Crippen molar-refractivity contribution in [2.24, 2.45) is 7.05 Å². The molecular weight excluding hydrogens is 404 g/mol. The van der Waals surface area contributed by atoms with Crippen molar-refractivity contribution in [1.82, 2.24) is 9.29 Å². The molecule has 0 saturated carbocycles. The van der Waals surface area contributed by atoms with Crippen molar-refractivity contribution in [3.05, 3.63) is 46.0 Å². The maximum Gasteiger partial charge on any atom is 0.272 e. The third-order valence-electron chi connectivity index (χ3n) is 3.21. The lowest BCUT2D eigenvalue weighted by molar-refractivity contribution is 0.101. The van der Waals surface area contributed by atoms with Crippen LogP contribution in [0.3, 0.4) is 0 Å². The molecule has 1 aromatic heterocycles. The lowest BCUT2D eigenvalue weighted by Gasteiger charge is -2.19. The Hall–Kier alpha value is -1.61. The molecule has 142 valence electrons. The summed E-state index contributed by atoms with van der Waals surface area (Å²) in [7, 11) is -2.25. The normalized spacial score (nSPS) is 12.3. The molecule has 2 aromatic rings. The first-order valence-corrected chi connectivity index (χ1v) is 9.70. The molecule has 0 bridgehead atoms. The number of rotatable bonds is 4. The van der Waals surface area contributed by atoms with Gasteiger partial charge in [-0.15, -0.1) is 0 Å². The molecule has 0 aliphatic rings. The van der Waals surface area contributed by atoms with Gasteiger partial charge in [0.15, 0.2) is 5.82 Å². The Morgan fingerprint density at radius 1 is 1.15 bits per heavy atom. The van der Waals surface area contributed by atoms with Gasteiger partial charge in [-0.3, -0.25) is 4.79 Å². The SMILES string of the molecule is Cn1cc(S(=O)(=O)NC(C)(C)C)cc1C(=O)Nc1cc(Cl)c(F)c(Cl)c1. The summed E-state index contributed by atoms with van der Waals surface area (Å²) >= 11 is 11.4. The molecule has 2 rings (SSSR count). The molecule has 0 unspecified atom stereocenters. The highest BCUT2D eigenvalue weighted by atomic mass is 35.5. The van der Waals surface area contributed by atoms with Crippen LogP contribution in [0.15, 0.2) is 29.3 Å². The second kappa shape index (κ2) is 7.19. The van der Waals surface area contributed by atoms with Gasteiger partial charge >= 0.3 is 0 Å². The van der Waals surface area contributed by atoms with Gasteiger partial charge in [-0.1, -0.05) is 23.2 Å². The van der Waals surface area contributed by atoms with Gasteiger partial charge in [-0.25, -0.2) is 17.5 Å². The molecule has 1 heterocycles. The van der Waals surface area contributed by atoms with E-state index in [-0.39, 0.29) is 26.3 Å². The molecule has 1 aromatic carbocycles.